The molecule has 2 bridgehead atoms. The summed E-state index contributed by atoms with van der Waals surface area (Å²) in [6.07, 6.45) is 5.66. The molecule has 0 radical (unpaired) electrons. The van der Waals surface area contributed by atoms with Crippen LogP contribution in [-0.4, -0.2) is 41.4 Å². The number of aromatic nitrogens is 2. The zero-order valence-corrected chi connectivity index (χ0v) is 12.9. The van der Waals surface area contributed by atoms with Crippen LogP contribution < -0.4 is 4.74 Å². The van der Waals surface area contributed by atoms with E-state index in [1.165, 1.54) is 42.4 Å². The molecule has 21 heavy (non-hydrogen) atoms. The van der Waals surface area contributed by atoms with Crippen LogP contribution in [0.1, 0.15) is 31.4 Å². The van der Waals surface area contributed by atoms with Gasteiger partial charge in [-0.2, -0.15) is 5.10 Å². The summed E-state index contributed by atoms with van der Waals surface area (Å²) < 4.78 is 7.78. The molecular weight excluding hydrogens is 262 g/mol. The van der Waals surface area contributed by atoms with Crippen LogP contribution in [0.5, 0.6) is 5.75 Å². The Balaban J connectivity index is 1.80. The lowest BCUT2D eigenvalue weighted by Crippen LogP contribution is -2.48. The highest BCUT2D eigenvalue weighted by molar-refractivity contribution is 5.84. The third-order valence-corrected chi connectivity index (χ3v) is 5.36. The second-order valence-corrected chi connectivity index (χ2v) is 6.33. The second-order valence-electron chi connectivity index (χ2n) is 6.33. The number of aryl methyl sites for hydroxylation is 1. The number of benzene rings is 1. The van der Waals surface area contributed by atoms with E-state index >= 15 is 0 Å². The lowest BCUT2D eigenvalue weighted by molar-refractivity contribution is 0.0534. The summed E-state index contributed by atoms with van der Waals surface area (Å²) >= 11 is 0. The molecule has 3 aliphatic heterocycles. The molecule has 3 saturated heterocycles. The molecule has 1 aromatic carbocycles. The monoisotopic (exact) mass is 285 g/mol. The number of methoxy groups -OCH3 is 1. The first kappa shape index (κ1) is 13.1. The highest BCUT2D eigenvalue weighted by Crippen LogP contribution is 2.38. The van der Waals surface area contributed by atoms with Crippen LogP contribution in [0, 0.1) is 5.92 Å². The normalized spacial score (nSPS) is 28.2. The van der Waals surface area contributed by atoms with Gasteiger partial charge in [-0.25, -0.2) is 0 Å². The number of hydrogen-bond donors (Lipinski definition) is 0. The Morgan fingerprint density at radius 1 is 1.29 bits per heavy atom. The number of fused-ring (bicyclic) bond motifs is 4. The molecule has 0 N–H and O–H groups in total. The van der Waals surface area contributed by atoms with Crippen LogP contribution in [0.15, 0.2) is 18.3 Å². The van der Waals surface area contributed by atoms with Crippen LogP contribution in [0.4, 0.5) is 0 Å². The van der Waals surface area contributed by atoms with E-state index in [2.05, 4.69) is 28.6 Å². The van der Waals surface area contributed by atoms with Crippen LogP contribution in [0.2, 0.25) is 0 Å². The van der Waals surface area contributed by atoms with Crippen molar-refractivity contribution in [1.29, 1.82) is 0 Å². The molecule has 0 amide bonds. The third-order valence-electron chi connectivity index (χ3n) is 5.36. The first-order valence-electron chi connectivity index (χ1n) is 8.07. The number of rotatable bonds is 3. The Hall–Kier alpha value is -1.55. The van der Waals surface area contributed by atoms with Gasteiger partial charge < -0.3 is 9.64 Å². The molecule has 3 aliphatic rings. The van der Waals surface area contributed by atoms with Crippen LogP contribution >= 0.6 is 0 Å². The first-order chi connectivity index (χ1) is 10.3. The molecule has 4 nitrogen and oxygen atoms in total. The molecule has 4 heterocycles. The summed E-state index contributed by atoms with van der Waals surface area (Å²) in [5.74, 6) is 1.78. The average Bonchev–Trinajstić information content (AvgIpc) is 2.98. The van der Waals surface area contributed by atoms with Gasteiger partial charge >= 0.3 is 0 Å². The Bertz CT molecular complexity index is 655. The predicted octanol–water partition coefficient (Wildman–Crippen LogP) is 2.87. The SMILES string of the molecule is CCc1c(OC)ccc2c1cnn2[C@@H]1CN2CCC1CC2. The van der Waals surface area contributed by atoms with E-state index < -0.39 is 0 Å². The lowest BCUT2D eigenvalue weighted by Gasteiger charge is -2.44. The van der Waals surface area contributed by atoms with E-state index in [1.54, 1.807) is 7.11 Å². The van der Waals surface area contributed by atoms with E-state index in [0.717, 1.165) is 24.6 Å². The Morgan fingerprint density at radius 3 is 2.71 bits per heavy atom. The van der Waals surface area contributed by atoms with Gasteiger partial charge in [0.25, 0.3) is 0 Å². The number of nitrogens with zero attached hydrogens (tertiary/aromatic N) is 3. The quantitative estimate of drug-likeness (QED) is 0.868. The maximum Gasteiger partial charge on any atom is 0.122 e. The van der Waals surface area contributed by atoms with Crippen LogP contribution in [0.3, 0.4) is 0 Å². The molecular formula is C17H23N3O. The standard InChI is InChI=1S/C17H23N3O/c1-3-13-14-10-18-20(15(14)4-5-17(13)21-2)16-11-19-8-6-12(16)7-9-19/h4-5,10,12,16H,3,6-9,11H2,1-2H3/t16-/m1/s1. The van der Waals surface area contributed by atoms with Gasteiger partial charge in [-0.1, -0.05) is 6.92 Å². The minimum absolute atomic E-state index is 0.545. The average molecular weight is 285 g/mol. The van der Waals surface area contributed by atoms with E-state index in [4.69, 9.17) is 9.84 Å². The molecule has 5 rings (SSSR count). The van der Waals surface area contributed by atoms with Gasteiger partial charge in [-0.15, -0.1) is 0 Å². The largest absolute Gasteiger partial charge is 0.496 e. The number of hydrogen-bond acceptors (Lipinski definition) is 3. The Kier molecular flexibility index (Phi) is 3.14. The molecule has 0 spiro atoms. The molecule has 1 atom stereocenters. The fourth-order valence-corrected chi connectivity index (χ4v) is 4.19. The highest BCUT2D eigenvalue weighted by atomic mass is 16.5. The van der Waals surface area contributed by atoms with Gasteiger partial charge in [0, 0.05) is 17.5 Å². The van der Waals surface area contributed by atoms with Crippen LogP contribution in [0.25, 0.3) is 10.9 Å². The van der Waals surface area contributed by atoms with Crippen LogP contribution in [-0.2, 0) is 6.42 Å². The number of piperidine rings is 3. The van der Waals surface area contributed by atoms with Crippen molar-refractivity contribution >= 4 is 10.9 Å². The highest BCUT2D eigenvalue weighted by Gasteiger charge is 2.36. The molecule has 2 aromatic rings. The summed E-state index contributed by atoms with van der Waals surface area (Å²) in [5.41, 5.74) is 2.55. The summed E-state index contributed by atoms with van der Waals surface area (Å²) in [5, 5.41) is 6.01. The zero-order valence-electron chi connectivity index (χ0n) is 12.9. The minimum Gasteiger partial charge on any atom is -0.496 e. The van der Waals surface area contributed by atoms with Crippen molar-refractivity contribution in [2.45, 2.75) is 32.2 Å². The van der Waals surface area contributed by atoms with Crippen molar-refractivity contribution in [3.63, 3.8) is 0 Å². The van der Waals surface area contributed by atoms with Crippen molar-refractivity contribution in [1.82, 2.24) is 14.7 Å². The van der Waals surface area contributed by atoms with Gasteiger partial charge in [-0.3, -0.25) is 4.68 Å². The van der Waals surface area contributed by atoms with E-state index in [-0.39, 0.29) is 0 Å². The molecule has 0 saturated carbocycles. The molecule has 3 fully saturated rings. The molecule has 4 heteroatoms. The number of ether oxygens (including phenoxy) is 1. The fourth-order valence-electron chi connectivity index (χ4n) is 4.19. The van der Waals surface area contributed by atoms with Gasteiger partial charge in [0.1, 0.15) is 5.75 Å². The van der Waals surface area contributed by atoms with E-state index in [0.29, 0.717) is 6.04 Å². The maximum absolute atomic E-state index is 5.50. The second kappa shape index (κ2) is 5.02. The predicted molar refractivity (Wildman–Crippen MR) is 83.9 cm³/mol. The van der Waals surface area contributed by atoms with Crippen molar-refractivity contribution < 1.29 is 4.74 Å². The van der Waals surface area contributed by atoms with Crippen molar-refractivity contribution in [3.05, 3.63) is 23.9 Å². The first-order valence-corrected chi connectivity index (χ1v) is 8.07. The third kappa shape index (κ3) is 1.96. The topological polar surface area (TPSA) is 30.3 Å². The van der Waals surface area contributed by atoms with Gasteiger partial charge in [0.15, 0.2) is 0 Å². The molecule has 0 unspecified atom stereocenters. The Morgan fingerprint density at radius 2 is 2.10 bits per heavy atom. The minimum atomic E-state index is 0.545. The summed E-state index contributed by atoms with van der Waals surface area (Å²) in [7, 11) is 1.75. The molecule has 0 aliphatic carbocycles. The summed E-state index contributed by atoms with van der Waals surface area (Å²) in [4.78, 5) is 2.59. The summed E-state index contributed by atoms with van der Waals surface area (Å²) in [6, 6.07) is 4.82. The molecule has 112 valence electrons. The fraction of sp³-hybridized carbons (Fsp3) is 0.588. The van der Waals surface area contributed by atoms with Gasteiger partial charge in [0.2, 0.25) is 0 Å². The van der Waals surface area contributed by atoms with Crippen molar-refractivity contribution in [2.24, 2.45) is 5.92 Å². The van der Waals surface area contributed by atoms with E-state index in [1.807, 2.05) is 6.20 Å². The van der Waals surface area contributed by atoms with E-state index in [9.17, 15) is 0 Å². The Labute approximate surface area is 125 Å². The zero-order chi connectivity index (χ0) is 14.4. The maximum atomic E-state index is 5.50. The van der Waals surface area contributed by atoms with Gasteiger partial charge in [0.05, 0.1) is 24.9 Å². The van der Waals surface area contributed by atoms with Gasteiger partial charge in [-0.05, 0) is 50.4 Å². The van der Waals surface area contributed by atoms with Crippen molar-refractivity contribution in [3.8, 4) is 5.75 Å². The summed E-state index contributed by atoms with van der Waals surface area (Å²) in [6.45, 7) is 5.89. The smallest absolute Gasteiger partial charge is 0.122 e. The van der Waals surface area contributed by atoms with Crippen molar-refractivity contribution in [2.75, 3.05) is 26.7 Å². The lowest BCUT2D eigenvalue weighted by atomic mass is 9.84. The molecule has 1 aromatic heterocycles.